The molecule has 5 atom stereocenters. The molecule has 0 saturated heterocycles. The number of fused-ring (bicyclic) bond motifs is 5. The fourth-order valence-electron chi connectivity index (χ4n) is 6.19. The van der Waals surface area contributed by atoms with Crippen LogP contribution in [0.3, 0.4) is 0 Å². The van der Waals surface area contributed by atoms with Crippen LogP contribution in [0, 0.1) is 23.2 Å². The third-order valence-electron chi connectivity index (χ3n) is 7.69. The van der Waals surface area contributed by atoms with Crippen molar-refractivity contribution in [1.82, 2.24) is 0 Å². The van der Waals surface area contributed by atoms with E-state index in [0.29, 0.717) is 17.1 Å². The lowest BCUT2D eigenvalue weighted by Crippen LogP contribution is -2.41. The van der Waals surface area contributed by atoms with Crippen LogP contribution in [0.25, 0.3) is 0 Å². The molecular weight excluding hydrogens is 350 g/mol. The van der Waals surface area contributed by atoms with Crippen LogP contribution in [0.1, 0.15) is 63.0 Å². The highest BCUT2D eigenvalue weighted by Gasteiger charge is 2.53. The summed E-state index contributed by atoms with van der Waals surface area (Å²) >= 11 is 0. The molecule has 4 rings (SSSR count). The average Bonchev–Trinajstić information content (AvgIpc) is 2.88. The molecule has 1 aromatic rings. The molecule has 26 heavy (non-hydrogen) atoms. The molecule has 6 heteroatoms. The summed E-state index contributed by atoms with van der Waals surface area (Å²) in [5.41, 5.74) is 2.99. The van der Waals surface area contributed by atoms with Crippen molar-refractivity contribution in [3.8, 4) is 11.5 Å². The maximum Gasteiger partial charge on any atom is 0.380 e. The van der Waals surface area contributed by atoms with Gasteiger partial charge in [-0.1, -0.05) is 13.8 Å². The van der Waals surface area contributed by atoms with Crippen LogP contribution in [0.2, 0.25) is 0 Å². The van der Waals surface area contributed by atoms with E-state index in [1.807, 2.05) is 12.1 Å². The molecule has 0 spiro atoms. The van der Waals surface area contributed by atoms with E-state index >= 15 is 0 Å². The third-order valence-corrected chi connectivity index (χ3v) is 8.10. The molecule has 2 N–H and O–H groups in total. The number of hydrogen-bond donors (Lipinski definition) is 1. The number of nitrogens with two attached hydrogens (primary N) is 1. The van der Waals surface area contributed by atoms with E-state index in [1.165, 1.54) is 50.3 Å². The molecule has 1 aromatic carbocycles. The van der Waals surface area contributed by atoms with Gasteiger partial charge in [0.15, 0.2) is 11.5 Å². The minimum atomic E-state index is -4.07. The highest BCUT2D eigenvalue weighted by Crippen LogP contribution is 2.63. The van der Waals surface area contributed by atoms with Gasteiger partial charge >= 0.3 is 10.3 Å². The van der Waals surface area contributed by atoms with E-state index in [0.717, 1.165) is 24.2 Å². The highest BCUT2D eigenvalue weighted by atomic mass is 32.2. The van der Waals surface area contributed by atoms with Gasteiger partial charge in [0.1, 0.15) is 0 Å². The summed E-state index contributed by atoms with van der Waals surface area (Å²) in [6, 6.07) is 3.81. The molecule has 0 aliphatic heterocycles. The smallest absolute Gasteiger partial charge is 0.380 e. The van der Waals surface area contributed by atoms with Crippen molar-refractivity contribution >= 4 is 10.3 Å². The van der Waals surface area contributed by atoms with E-state index in [4.69, 9.17) is 14.1 Å². The van der Waals surface area contributed by atoms with Crippen LogP contribution >= 0.6 is 0 Å². The standard InChI is InChI=1S/C20H29NO4S/c1-12-4-7-17-15-6-5-13-10-19(25-26(21,22)23)18(24-3)11-16(13)14(15)8-9-20(12,17)2/h10-12,14-15,17H,4-9H2,1-3H3,(H2,21,22,23)/t12-,14-,15+,17-,20+/m0/s1. The molecule has 0 amide bonds. The fourth-order valence-corrected chi connectivity index (χ4v) is 6.57. The quantitative estimate of drug-likeness (QED) is 0.867. The Morgan fingerprint density at radius 1 is 1.15 bits per heavy atom. The van der Waals surface area contributed by atoms with Gasteiger partial charge in [0.2, 0.25) is 0 Å². The van der Waals surface area contributed by atoms with E-state index in [9.17, 15) is 8.42 Å². The predicted octanol–water partition coefficient (Wildman–Crippen LogP) is 3.77. The molecule has 0 heterocycles. The van der Waals surface area contributed by atoms with Gasteiger partial charge in [-0.3, -0.25) is 0 Å². The average molecular weight is 380 g/mol. The van der Waals surface area contributed by atoms with Crippen molar-refractivity contribution in [1.29, 1.82) is 0 Å². The Morgan fingerprint density at radius 2 is 1.92 bits per heavy atom. The number of methoxy groups -OCH3 is 1. The Bertz CT molecular complexity index is 821. The normalized spacial score (nSPS) is 36.0. The number of hydrogen-bond acceptors (Lipinski definition) is 4. The lowest BCUT2D eigenvalue weighted by atomic mass is 9.54. The molecule has 3 aliphatic carbocycles. The Labute approximate surface area is 156 Å². The van der Waals surface area contributed by atoms with Crippen molar-refractivity contribution in [3.63, 3.8) is 0 Å². The fraction of sp³-hybridized carbons (Fsp3) is 0.700. The van der Waals surface area contributed by atoms with Crippen molar-refractivity contribution in [2.24, 2.45) is 28.3 Å². The lowest BCUT2D eigenvalue weighted by Gasteiger charge is -2.50. The van der Waals surface area contributed by atoms with Gasteiger partial charge < -0.3 is 8.92 Å². The summed E-state index contributed by atoms with van der Waals surface area (Å²) in [7, 11) is -2.53. The first-order chi connectivity index (χ1) is 12.2. The number of benzene rings is 1. The van der Waals surface area contributed by atoms with Crippen molar-refractivity contribution in [3.05, 3.63) is 23.3 Å². The molecule has 2 saturated carbocycles. The van der Waals surface area contributed by atoms with Crippen molar-refractivity contribution in [2.45, 2.75) is 58.3 Å². The zero-order chi connectivity index (χ0) is 18.7. The largest absolute Gasteiger partial charge is 0.493 e. The Morgan fingerprint density at radius 3 is 2.62 bits per heavy atom. The minimum absolute atomic E-state index is 0.197. The predicted molar refractivity (Wildman–Crippen MR) is 101 cm³/mol. The molecule has 144 valence electrons. The summed E-state index contributed by atoms with van der Waals surface area (Å²) in [4.78, 5) is 0. The monoisotopic (exact) mass is 379 g/mol. The van der Waals surface area contributed by atoms with Gasteiger partial charge in [-0.05, 0) is 90.9 Å². The highest BCUT2D eigenvalue weighted by molar-refractivity contribution is 7.84. The molecule has 2 fully saturated rings. The minimum Gasteiger partial charge on any atom is -0.493 e. The van der Waals surface area contributed by atoms with E-state index in [-0.39, 0.29) is 5.75 Å². The molecule has 0 radical (unpaired) electrons. The van der Waals surface area contributed by atoms with Gasteiger partial charge in [0, 0.05) is 0 Å². The Hall–Kier alpha value is -1.27. The summed E-state index contributed by atoms with van der Waals surface area (Å²) in [5.74, 6) is 3.53. The first-order valence-electron chi connectivity index (χ1n) is 9.66. The van der Waals surface area contributed by atoms with Crippen LogP contribution in [-0.2, 0) is 16.7 Å². The zero-order valence-corrected chi connectivity index (χ0v) is 16.6. The zero-order valence-electron chi connectivity index (χ0n) is 15.8. The lowest BCUT2D eigenvalue weighted by molar-refractivity contribution is 0.0336. The van der Waals surface area contributed by atoms with Crippen LogP contribution in [0.5, 0.6) is 11.5 Å². The third kappa shape index (κ3) is 2.82. The van der Waals surface area contributed by atoms with Crippen LogP contribution in [0.4, 0.5) is 0 Å². The molecule has 3 aliphatic rings. The molecule has 5 nitrogen and oxygen atoms in total. The number of aryl methyl sites for hydroxylation is 1. The van der Waals surface area contributed by atoms with Gasteiger partial charge in [-0.2, -0.15) is 13.6 Å². The Kier molecular flexibility index (Phi) is 4.27. The van der Waals surface area contributed by atoms with Crippen LogP contribution in [0.15, 0.2) is 12.1 Å². The topological polar surface area (TPSA) is 78.6 Å². The maximum atomic E-state index is 11.4. The number of rotatable bonds is 3. The Balaban J connectivity index is 1.70. The van der Waals surface area contributed by atoms with Crippen LogP contribution < -0.4 is 14.1 Å². The van der Waals surface area contributed by atoms with Gasteiger partial charge in [0.25, 0.3) is 0 Å². The summed E-state index contributed by atoms with van der Waals surface area (Å²) in [6.07, 6.45) is 7.30. The SMILES string of the molecule is COc1cc2c(cc1OS(N)(=O)=O)CC[C@@H]1[C@@H]2CC[C@]2(C)[C@@H](C)CC[C@@H]12. The van der Waals surface area contributed by atoms with Crippen molar-refractivity contribution in [2.75, 3.05) is 7.11 Å². The summed E-state index contributed by atoms with van der Waals surface area (Å²) < 4.78 is 33.1. The van der Waals surface area contributed by atoms with Gasteiger partial charge in [0.05, 0.1) is 7.11 Å². The molecule has 0 unspecified atom stereocenters. The summed E-state index contributed by atoms with van der Waals surface area (Å²) in [5, 5.41) is 5.05. The molecule has 0 bridgehead atoms. The molecular formula is C20H29NO4S. The summed E-state index contributed by atoms with van der Waals surface area (Å²) in [6.45, 7) is 4.93. The van der Waals surface area contributed by atoms with E-state index in [1.54, 1.807) is 0 Å². The number of ether oxygens (including phenoxy) is 1. The first kappa shape index (κ1) is 18.1. The van der Waals surface area contributed by atoms with E-state index < -0.39 is 10.3 Å². The van der Waals surface area contributed by atoms with Crippen molar-refractivity contribution < 1.29 is 17.3 Å². The second kappa shape index (κ2) is 6.13. The van der Waals surface area contributed by atoms with Gasteiger partial charge in [-0.25, -0.2) is 0 Å². The van der Waals surface area contributed by atoms with Gasteiger partial charge in [-0.15, -0.1) is 0 Å². The van der Waals surface area contributed by atoms with Crippen LogP contribution in [-0.4, -0.2) is 15.5 Å². The second-order valence-electron chi connectivity index (χ2n) is 8.72. The molecule has 0 aromatic heterocycles. The van der Waals surface area contributed by atoms with E-state index in [2.05, 4.69) is 13.8 Å². The second-order valence-corrected chi connectivity index (χ2v) is 9.87. The first-order valence-corrected chi connectivity index (χ1v) is 11.1. The maximum absolute atomic E-state index is 11.4.